The van der Waals surface area contributed by atoms with E-state index in [0.29, 0.717) is 27.3 Å². The summed E-state index contributed by atoms with van der Waals surface area (Å²) in [6.07, 6.45) is 12.7. The van der Waals surface area contributed by atoms with Gasteiger partial charge in [0.15, 0.2) is 5.69 Å². The van der Waals surface area contributed by atoms with Crippen molar-refractivity contribution in [2.45, 2.75) is 77.2 Å². The summed E-state index contributed by atoms with van der Waals surface area (Å²) in [6, 6.07) is 11.9. The fraction of sp³-hybridized carbons (Fsp3) is 0.419. The molecule has 1 atom stereocenters. The zero-order chi connectivity index (χ0) is 26.6. The predicted octanol–water partition coefficient (Wildman–Crippen LogP) is 8.67. The minimum absolute atomic E-state index is 0.0884. The normalized spacial score (nSPS) is 18.5. The van der Waals surface area contributed by atoms with Crippen molar-refractivity contribution in [1.82, 2.24) is 15.1 Å². The first-order valence-corrected chi connectivity index (χ1v) is 14.5. The van der Waals surface area contributed by atoms with Gasteiger partial charge in [-0.1, -0.05) is 61.0 Å². The van der Waals surface area contributed by atoms with Gasteiger partial charge >= 0.3 is 0 Å². The lowest BCUT2D eigenvalue weighted by atomic mass is 9.84. The second kappa shape index (κ2) is 12.0. The predicted molar refractivity (Wildman–Crippen MR) is 154 cm³/mol. The van der Waals surface area contributed by atoms with Gasteiger partial charge in [0.05, 0.1) is 16.4 Å². The highest BCUT2D eigenvalue weighted by Gasteiger charge is 2.29. The summed E-state index contributed by atoms with van der Waals surface area (Å²) < 4.78 is 15.4. The molecule has 1 N–H and O–H groups in total. The molecular weight excluding hydrogens is 520 g/mol. The summed E-state index contributed by atoms with van der Waals surface area (Å²) in [7, 11) is 0. The summed E-state index contributed by atoms with van der Waals surface area (Å²) in [5.74, 6) is 0.0932. The van der Waals surface area contributed by atoms with Gasteiger partial charge in [0.2, 0.25) is 0 Å². The van der Waals surface area contributed by atoms with Crippen molar-refractivity contribution in [2.75, 3.05) is 0 Å². The summed E-state index contributed by atoms with van der Waals surface area (Å²) >= 11 is 12.9. The number of nitrogens with one attached hydrogen (secondary N) is 1. The second-order valence-electron chi connectivity index (χ2n) is 10.6. The van der Waals surface area contributed by atoms with Crippen molar-refractivity contribution < 1.29 is 9.18 Å². The molecule has 0 unspecified atom stereocenters. The Balaban J connectivity index is 1.62. The average Bonchev–Trinajstić information content (AvgIpc) is 3.26. The lowest BCUT2D eigenvalue weighted by Crippen LogP contribution is -2.39. The number of halogens is 3. The number of aromatic nitrogens is 2. The monoisotopic (exact) mass is 553 g/mol. The van der Waals surface area contributed by atoms with Crippen LogP contribution < -0.4 is 5.32 Å². The first kappa shape index (κ1) is 27.0. The van der Waals surface area contributed by atoms with E-state index in [4.69, 9.17) is 28.3 Å². The molecule has 1 amide bonds. The van der Waals surface area contributed by atoms with Crippen LogP contribution in [0.5, 0.6) is 0 Å². The third-order valence-electron chi connectivity index (χ3n) is 7.94. The minimum atomic E-state index is -0.269. The number of hydrogen-bond acceptors (Lipinski definition) is 2. The van der Waals surface area contributed by atoms with Crippen LogP contribution >= 0.6 is 23.2 Å². The molecule has 4 nitrogen and oxygen atoms in total. The van der Waals surface area contributed by atoms with E-state index in [1.807, 2.05) is 10.7 Å². The zero-order valence-electron chi connectivity index (χ0n) is 21.8. The van der Waals surface area contributed by atoms with E-state index in [0.717, 1.165) is 67.3 Å². The van der Waals surface area contributed by atoms with Crippen LogP contribution in [-0.4, -0.2) is 21.7 Å². The number of carbonyl (C=O) groups is 1. The molecule has 0 aliphatic heterocycles. The molecule has 0 radical (unpaired) electrons. The van der Waals surface area contributed by atoms with Gasteiger partial charge in [-0.25, -0.2) is 9.07 Å². The van der Waals surface area contributed by atoms with E-state index in [9.17, 15) is 9.18 Å². The summed E-state index contributed by atoms with van der Waals surface area (Å²) in [6.45, 7) is 2.12. The van der Waals surface area contributed by atoms with Crippen LogP contribution in [-0.2, 0) is 6.42 Å². The number of amides is 1. The van der Waals surface area contributed by atoms with Gasteiger partial charge in [-0.2, -0.15) is 5.10 Å². The largest absolute Gasteiger partial charge is 0.348 e. The van der Waals surface area contributed by atoms with E-state index in [-0.39, 0.29) is 17.8 Å². The quantitative estimate of drug-likeness (QED) is 0.343. The molecule has 1 fully saturated rings. The Morgan fingerprint density at radius 2 is 1.74 bits per heavy atom. The van der Waals surface area contributed by atoms with Gasteiger partial charge in [-0.3, -0.25) is 4.79 Å². The Hall–Kier alpha value is -2.63. The lowest BCUT2D eigenvalue weighted by Gasteiger charge is -2.28. The second-order valence-corrected chi connectivity index (χ2v) is 11.5. The van der Waals surface area contributed by atoms with E-state index in [1.54, 1.807) is 24.3 Å². The molecule has 2 aliphatic carbocycles. The lowest BCUT2D eigenvalue weighted by molar-refractivity contribution is 0.0912. The molecule has 2 aliphatic rings. The van der Waals surface area contributed by atoms with Crippen LogP contribution in [0.2, 0.25) is 10.0 Å². The number of fused-ring (bicyclic) bond motifs is 1. The first-order chi connectivity index (χ1) is 18.4. The third kappa shape index (κ3) is 6.00. The smallest absolute Gasteiger partial charge is 0.272 e. The average molecular weight is 555 g/mol. The van der Waals surface area contributed by atoms with Crippen LogP contribution in [0.1, 0.15) is 92.0 Å². The molecule has 2 aromatic carbocycles. The Bertz CT molecular complexity index is 1330. The molecule has 7 heteroatoms. The minimum Gasteiger partial charge on any atom is -0.348 e. The number of carbonyl (C=O) groups excluding carboxylic acids is 1. The molecule has 3 aromatic rings. The fourth-order valence-electron chi connectivity index (χ4n) is 5.87. The van der Waals surface area contributed by atoms with Crippen LogP contribution in [0.4, 0.5) is 4.39 Å². The Kier molecular flexibility index (Phi) is 8.54. The Labute approximate surface area is 234 Å². The number of benzene rings is 2. The highest BCUT2D eigenvalue weighted by Crippen LogP contribution is 2.36. The van der Waals surface area contributed by atoms with Crippen molar-refractivity contribution in [3.05, 3.63) is 80.8 Å². The van der Waals surface area contributed by atoms with Gasteiger partial charge in [-0.05, 0) is 98.9 Å². The van der Waals surface area contributed by atoms with E-state index < -0.39 is 0 Å². The molecule has 0 saturated heterocycles. The van der Waals surface area contributed by atoms with Gasteiger partial charge in [0.25, 0.3) is 5.91 Å². The molecule has 1 heterocycles. The molecule has 1 aromatic heterocycles. The van der Waals surface area contributed by atoms with E-state index in [2.05, 4.69) is 18.3 Å². The van der Waals surface area contributed by atoms with Gasteiger partial charge < -0.3 is 5.32 Å². The number of hydrogen-bond donors (Lipinski definition) is 1. The maximum atomic E-state index is 13.8. The van der Waals surface area contributed by atoms with Crippen molar-refractivity contribution in [3.8, 4) is 5.69 Å². The SMILES string of the molecule is C[C@H](NC(=O)c1nn(-c2ccc(Cl)cc2Cl)c2c1CCCCC/C2=C\c1ccc(F)cc1)C1CCCCC1. The van der Waals surface area contributed by atoms with Crippen LogP contribution in [0.25, 0.3) is 17.3 Å². The third-order valence-corrected chi connectivity index (χ3v) is 8.48. The first-order valence-electron chi connectivity index (χ1n) is 13.8. The highest BCUT2D eigenvalue weighted by molar-refractivity contribution is 6.35. The number of nitrogens with zero attached hydrogens (tertiary/aromatic N) is 2. The highest BCUT2D eigenvalue weighted by atomic mass is 35.5. The van der Waals surface area contributed by atoms with E-state index >= 15 is 0 Å². The maximum Gasteiger partial charge on any atom is 0.272 e. The van der Waals surface area contributed by atoms with E-state index in [1.165, 1.54) is 31.4 Å². The Morgan fingerprint density at radius 1 is 1.03 bits per heavy atom. The van der Waals surface area contributed by atoms with Crippen molar-refractivity contribution in [1.29, 1.82) is 0 Å². The summed E-state index contributed by atoms with van der Waals surface area (Å²) in [4.78, 5) is 13.8. The van der Waals surface area contributed by atoms with Crippen LogP contribution in [0, 0.1) is 11.7 Å². The summed E-state index contributed by atoms with van der Waals surface area (Å²) in [5, 5.41) is 9.20. The maximum absolute atomic E-state index is 13.8. The molecule has 38 heavy (non-hydrogen) atoms. The zero-order valence-corrected chi connectivity index (χ0v) is 23.3. The molecule has 0 bridgehead atoms. The number of rotatable bonds is 5. The topological polar surface area (TPSA) is 46.9 Å². The van der Waals surface area contributed by atoms with Crippen LogP contribution in [0.3, 0.4) is 0 Å². The van der Waals surface area contributed by atoms with Crippen molar-refractivity contribution in [2.24, 2.45) is 5.92 Å². The van der Waals surface area contributed by atoms with Crippen molar-refractivity contribution in [3.63, 3.8) is 0 Å². The van der Waals surface area contributed by atoms with Gasteiger partial charge in [-0.15, -0.1) is 0 Å². The molecule has 5 rings (SSSR count). The Morgan fingerprint density at radius 3 is 2.47 bits per heavy atom. The van der Waals surface area contributed by atoms with Gasteiger partial charge in [0, 0.05) is 16.6 Å². The van der Waals surface area contributed by atoms with Crippen LogP contribution in [0.15, 0.2) is 42.5 Å². The molecule has 1 saturated carbocycles. The number of allylic oxidation sites excluding steroid dienone is 1. The van der Waals surface area contributed by atoms with Gasteiger partial charge in [0.1, 0.15) is 5.82 Å². The molecule has 200 valence electrons. The fourth-order valence-corrected chi connectivity index (χ4v) is 6.36. The van der Waals surface area contributed by atoms with Crippen molar-refractivity contribution >= 4 is 40.8 Å². The molecular formula is C31H34Cl2FN3O. The molecule has 0 spiro atoms. The summed E-state index contributed by atoms with van der Waals surface area (Å²) in [5.41, 5.74) is 4.94. The standard InChI is InChI=1S/C31H34Cl2FN3O/c1-20(22-8-4-2-5-9-22)35-31(38)29-26-11-7-3-6-10-23(18-21-12-15-25(34)16-13-21)30(26)37(36-29)28-17-14-24(32)19-27(28)33/h12-20,22H,2-11H2,1H3,(H,35,38)/b23-18+/t20-/m0/s1.